The third-order valence-corrected chi connectivity index (χ3v) is 3.12. The predicted molar refractivity (Wildman–Crippen MR) is 73.4 cm³/mol. The number of nitrogens with one attached hydrogen (secondary N) is 1. The molecule has 2 aromatic rings. The number of hydrogen-bond acceptors (Lipinski definition) is 3. The number of pyridine rings is 2. The van der Waals surface area contributed by atoms with Gasteiger partial charge in [0.2, 0.25) is 0 Å². The summed E-state index contributed by atoms with van der Waals surface area (Å²) >= 11 is 0. The SMILES string of the molecule is CCc1cccnc1C(Cc1ccccn1)NC. The van der Waals surface area contributed by atoms with Crippen LogP contribution < -0.4 is 5.32 Å². The first kappa shape index (κ1) is 12.7. The van der Waals surface area contributed by atoms with Crippen molar-refractivity contribution < 1.29 is 0 Å². The van der Waals surface area contributed by atoms with Gasteiger partial charge in [-0.3, -0.25) is 9.97 Å². The largest absolute Gasteiger partial charge is 0.311 e. The Labute approximate surface area is 108 Å². The van der Waals surface area contributed by atoms with E-state index in [1.807, 2.05) is 37.6 Å². The second-order valence-electron chi connectivity index (χ2n) is 4.27. The van der Waals surface area contributed by atoms with E-state index in [9.17, 15) is 0 Å². The minimum Gasteiger partial charge on any atom is -0.311 e. The van der Waals surface area contributed by atoms with Gasteiger partial charge >= 0.3 is 0 Å². The standard InChI is InChI=1S/C15H19N3/c1-3-12-7-6-10-18-15(12)14(16-2)11-13-8-4-5-9-17-13/h4-10,14,16H,3,11H2,1-2H3. The molecular formula is C15H19N3. The fourth-order valence-corrected chi connectivity index (χ4v) is 2.13. The highest BCUT2D eigenvalue weighted by Crippen LogP contribution is 2.19. The number of hydrogen-bond donors (Lipinski definition) is 1. The van der Waals surface area contributed by atoms with Gasteiger partial charge in [0.25, 0.3) is 0 Å². The van der Waals surface area contributed by atoms with Crippen LogP contribution in [0.15, 0.2) is 42.7 Å². The van der Waals surface area contributed by atoms with Crippen molar-refractivity contribution in [1.82, 2.24) is 15.3 Å². The van der Waals surface area contributed by atoms with Gasteiger partial charge in [-0.05, 0) is 37.2 Å². The van der Waals surface area contributed by atoms with Crippen LogP contribution in [-0.2, 0) is 12.8 Å². The van der Waals surface area contributed by atoms with E-state index in [1.165, 1.54) is 5.56 Å². The Balaban J connectivity index is 2.23. The van der Waals surface area contributed by atoms with Gasteiger partial charge < -0.3 is 5.32 Å². The van der Waals surface area contributed by atoms with E-state index >= 15 is 0 Å². The second-order valence-corrected chi connectivity index (χ2v) is 4.27. The zero-order valence-corrected chi connectivity index (χ0v) is 10.9. The smallest absolute Gasteiger partial charge is 0.0608 e. The maximum atomic E-state index is 4.53. The maximum Gasteiger partial charge on any atom is 0.0608 e. The van der Waals surface area contributed by atoms with Crippen molar-refractivity contribution in [2.45, 2.75) is 25.8 Å². The lowest BCUT2D eigenvalue weighted by Crippen LogP contribution is -2.22. The average molecular weight is 241 g/mol. The summed E-state index contributed by atoms with van der Waals surface area (Å²) in [5.74, 6) is 0. The minimum absolute atomic E-state index is 0.219. The van der Waals surface area contributed by atoms with Crippen molar-refractivity contribution >= 4 is 0 Å². The number of rotatable bonds is 5. The van der Waals surface area contributed by atoms with E-state index in [2.05, 4.69) is 34.3 Å². The Kier molecular flexibility index (Phi) is 4.42. The van der Waals surface area contributed by atoms with Crippen molar-refractivity contribution in [3.63, 3.8) is 0 Å². The Morgan fingerprint density at radius 2 is 1.94 bits per heavy atom. The maximum absolute atomic E-state index is 4.53. The number of nitrogens with zero attached hydrogens (tertiary/aromatic N) is 2. The topological polar surface area (TPSA) is 37.8 Å². The van der Waals surface area contributed by atoms with Crippen molar-refractivity contribution in [2.75, 3.05) is 7.05 Å². The molecule has 0 saturated carbocycles. The summed E-state index contributed by atoms with van der Waals surface area (Å²) in [6.45, 7) is 2.16. The first-order chi connectivity index (χ1) is 8.85. The van der Waals surface area contributed by atoms with Gasteiger partial charge in [0.15, 0.2) is 0 Å². The molecule has 18 heavy (non-hydrogen) atoms. The van der Waals surface area contributed by atoms with Crippen LogP contribution in [0.2, 0.25) is 0 Å². The Morgan fingerprint density at radius 1 is 1.11 bits per heavy atom. The summed E-state index contributed by atoms with van der Waals surface area (Å²) in [6, 6.07) is 10.4. The second kappa shape index (κ2) is 6.26. The molecular weight excluding hydrogens is 222 g/mol. The van der Waals surface area contributed by atoms with Crippen LogP contribution in [0.25, 0.3) is 0 Å². The molecule has 0 saturated heterocycles. The number of aromatic nitrogens is 2. The molecule has 2 rings (SSSR count). The molecule has 0 radical (unpaired) electrons. The molecule has 0 amide bonds. The van der Waals surface area contributed by atoms with Crippen LogP contribution in [0.4, 0.5) is 0 Å². The third-order valence-electron chi connectivity index (χ3n) is 3.12. The summed E-state index contributed by atoms with van der Waals surface area (Å²) in [5.41, 5.74) is 3.52. The normalized spacial score (nSPS) is 12.3. The molecule has 0 aromatic carbocycles. The van der Waals surface area contributed by atoms with Crippen LogP contribution in [0.3, 0.4) is 0 Å². The van der Waals surface area contributed by atoms with Gasteiger partial charge in [0.1, 0.15) is 0 Å². The molecule has 0 spiro atoms. The lowest BCUT2D eigenvalue weighted by molar-refractivity contribution is 0.563. The average Bonchev–Trinajstić information content (AvgIpc) is 2.46. The first-order valence-corrected chi connectivity index (χ1v) is 6.36. The van der Waals surface area contributed by atoms with Crippen molar-refractivity contribution in [1.29, 1.82) is 0 Å². The van der Waals surface area contributed by atoms with Crippen molar-refractivity contribution in [2.24, 2.45) is 0 Å². The molecule has 0 fully saturated rings. The summed E-state index contributed by atoms with van der Waals surface area (Å²) in [5, 5.41) is 3.34. The fraction of sp³-hybridized carbons (Fsp3) is 0.333. The third kappa shape index (κ3) is 2.93. The van der Waals surface area contributed by atoms with Gasteiger partial charge in [0.05, 0.1) is 11.7 Å². The molecule has 0 bridgehead atoms. The molecule has 0 aliphatic heterocycles. The van der Waals surface area contributed by atoms with Crippen LogP contribution in [0.1, 0.15) is 29.9 Å². The Hall–Kier alpha value is -1.74. The Bertz CT molecular complexity index is 482. The van der Waals surface area contributed by atoms with Gasteiger partial charge in [-0.2, -0.15) is 0 Å². The quantitative estimate of drug-likeness (QED) is 0.874. The van der Waals surface area contributed by atoms with Crippen LogP contribution in [-0.4, -0.2) is 17.0 Å². The van der Waals surface area contributed by atoms with E-state index in [0.717, 1.165) is 24.2 Å². The molecule has 3 nitrogen and oxygen atoms in total. The van der Waals surface area contributed by atoms with E-state index in [0.29, 0.717) is 0 Å². The molecule has 94 valence electrons. The number of likely N-dealkylation sites (N-methyl/N-ethyl adjacent to an activating group) is 1. The summed E-state index contributed by atoms with van der Waals surface area (Å²) in [7, 11) is 1.97. The van der Waals surface area contributed by atoms with E-state index in [4.69, 9.17) is 0 Å². The van der Waals surface area contributed by atoms with Crippen molar-refractivity contribution in [3.05, 3.63) is 59.7 Å². The monoisotopic (exact) mass is 241 g/mol. The lowest BCUT2D eigenvalue weighted by atomic mass is 10.0. The highest BCUT2D eigenvalue weighted by Gasteiger charge is 2.15. The molecule has 0 aliphatic rings. The molecule has 3 heteroatoms. The van der Waals surface area contributed by atoms with Crippen LogP contribution in [0, 0.1) is 0 Å². The number of aryl methyl sites for hydroxylation is 1. The highest BCUT2D eigenvalue weighted by molar-refractivity contribution is 5.24. The zero-order chi connectivity index (χ0) is 12.8. The predicted octanol–water partition coefficient (Wildman–Crippen LogP) is 2.54. The van der Waals surface area contributed by atoms with E-state index in [1.54, 1.807) is 0 Å². The van der Waals surface area contributed by atoms with Crippen LogP contribution in [0.5, 0.6) is 0 Å². The summed E-state index contributed by atoms with van der Waals surface area (Å²) < 4.78 is 0. The van der Waals surface area contributed by atoms with E-state index in [-0.39, 0.29) is 6.04 Å². The lowest BCUT2D eigenvalue weighted by Gasteiger charge is -2.18. The molecule has 2 aromatic heterocycles. The van der Waals surface area contributed by atoms with Gasteiger partial charge in [-0.25, -0.2) is 0 Å². The van der Waals surface area contributed by atoms with E-state index < -0.39 is 0 Å². The molecule has 1 N–H and O–H groups in total. The van der Waals surface area contributed by atoms with Gasteiger partial charge in [0, 0.05) is 24.5 Å². The molecule has 0 aliphatic carbocycles. The first-order valence-electron chi connectivity index (χ1n) is 6.36. The summed E-state index contributed by atoms with van der Waals surface area (Å²) in [4.78, 5) is 8.91. The van der Waals surface area contributed by atoms with Gasteiger partial charge in [-0.15, -0.1) is 0 Å². The summed E-state index contributed by atoms with van der Waals surface area (Å²) in [6.07, 6.45) is 5.56. The molecule has 1 atom stereocenters. The van der Waals surface area contributed by atoms with Gasteiger partial charge in [-0.1, -0.05) is 19.1 Å². The molecule has 2 heterocycles. The van der Waals surface area contributed by atoms with Crippen molar-refractivity contribution in [3.8, 4) is 0 Å². The van der Waals surface area contributed by atoms with Crippen LogP contribution >= 0.6 is 0 Å². The fourth-order valence-electron chi connectivity index (χ4n) is 2.13. The Morgan fingerprint density at radius 3 is 2.61 bits per heavy atom. The zero-order valence-electron chi connectivity index (χ0n) is 10.9. The molecule has 1 unspecified atom stereocenters. The minimum atomic E-state index is 0.219. The highest BCUT2D eigenvalue weighted by atomic mass is 14.9.